The number of alkyl halides is 3. The zero-order valence-electron chi connectivity index (χ0n) is 14.6. The fraction of sp³-hybridized carbons (Fsp3) is 0.474. The fourth-order valence-corrected chi connectivity index (χ4v) is 3.62. The molecule has 2 aromatic rings. The average Bonchev–Trinajstić information content (AvgIpc) is 3.35. The van der Waals surface area contributed by atoms with Crippen molar-refractivity contribution in [3.8, 4) is 0 Å². The Bertz CT molecular complexity index is 839. The number of aliphatic hydroxyl groups is 1. The van der Waals surface area contributed by atoms with Crippen LogP contribution in [-0.2, 0) is 11.3 Å². The van der Waals surface area contributed by atoms with E-state index in [4.69, 9.17) is 0 Å². The molecule has 1 N–H and O–H groups in total. The van der Waals surface area contributed by atoms with Crippen molar-refractivity contribution < 1.29 is 23.1 Å². The number of aromatic nitrogens is 2. The molecule has 27 heavy (non-hydrogen) atoms. The van der Waals surface area contributed by atoms with Crippen molar-refractivity contribution in [1.82, 2.24) is 9.78 Å². The van der Waals surface area contributed by atoms with Gasteiger partial charge in [0.15, 0.2) is 0 Å². The van der Waals surface area contributed by atoms with Gasteiger partial charge in [-0.05, 0) is 29.5 Å². The number of rotatable bonds is 4. The molecule has 1 saturated carbocycles. The normalized spacial score (nSPS) is 23.5. The fourth-order valence-electron chi connectivity index (χ4n) is 3.62. The SMILES string of the molecule is OC1(C(F)(F)F)CC(c2ccc(Cc3cnn(C4CCCC4)c3)cc2)=NO1. The number of oxime groups is 1. The number of halogens is 3. The van der Waals surface area contributed by atoms with E-state index in [1.165, 1.54) is 25.7 Å². The van der Waals surface area contributed by atoms with Gasteiger partial charge in [0.2, 0.25) is 0 Å². The zero-order chi connectivity index (χ0) is 19.1. The van der Waals surface area contributed by atoms with Gasteiger partial charge in [-0.3, -0.25) is 4.68 Å². The summed E-state index contributed by atoms with van der Waals surface area (Å²) in [6.07, 6.45) is 3.86. The van der Waals surface area contributed by atoms with E-state index in [9.17, 15) is 18.3 Å². The van der Waals surface area contributed by atoms with Crippen LogP contribution in [0.15, 0.2) is 41.8 Å². The summed E-state index contributed by atoms with van der Waals surface area (Å²) in [5.74, 6) is -3.24. The van der Waals surface area contributed by atoms with E-state index < -0.39 is 18.4 Å². The summed E-state index contributed by atoms with van der Waals surface area (Å²) in [7, 11) is 0. The third kappa shape index (κ3) is 3.58. The molecule has 8 heteroatoms. The van der Waals surface area contributed by atoms with Gasteiger partial charge in [0.05, 0.1) is 24.4 Å². The summed E-state index contributed by atoms with van der Waals surface area (Å²) in [6.45, 7) is 0. The van der Waals surface area contributed by atoms with Gasteiger partial charge in [-0.15, -0.1) is 0 Å². The molecular weight excluding hydrogens is 359 g/mol. The third-order valence-corrected chi connectivity index (χ3v) is 5.21. The standard InChI is InChI=1S/C19H20F3N3O2/c20-19(21,22)18(26)10-17(24-27-18)15-7-5-13(6-8-15)9-14-11-23-25(12-14)16-3-1-2-4-16/h5-8,11-12,16,26H,1-4,9-10H2. The Morgan fingerprint density at radius 3 is 2.48 bits per heavy atom. The Labute approximate surface area is 154 Å². The van der Waals surface area contributed by atoms with Crippen molar-refractivity contribution in [1.29, 1.82) is 0 Å². The van der Waals surface area contributed by atoms with E-state index in [0.29, 0.717) is 18.0 Å². The molecule has 144 valence electrons. The molecule has 1 fully saturated rings. The molecule has 0 spiro atoms. The Hall–Kier alpha value is -2.35. The van der Waals surface area contributed by atoms with Crippen LogP contribution in [0.2, 0.25) is 0 Å². The lowest BCUT2D eigenvalue weighted by Crippen LogP contribution is -2.45. The lowest BCUT2D eigenvalue weighted by molar-refractivity contribution is -0.355. The predicted molar refractivity (Wildman–Crippen MR) is 92.2 cm³/mol. The van der Waals surface area contributed by atoms with E-state index in [2.05, 4.69) is 21.3 Å². The van der Waals surface area contributed by atoms with Crippen LogP contribution in [0.4, 0.5) is 13.2 Å². The molecule has 1 aromatic heterocycles. The molecule has 1 aliphatic heterocycles. The number of nitrogens with zero attached hydrogens (tertiary/aromatic N) is 3. The first-order chi connectivity index (χ1) is 12.8. The Morgan fingerprint density at radius 2 is 1.85 bits per heavy atom. The quantitative estimate of drug-likeness (QED) is 0.875. The number of hydrogen-bond donors (Lipinski definition) is 1. The molecule has 1 aliphatic carbocycles. The minimum atomic E-state index is -4.89. The van der Waals surface area contributed by atoms with Crippen molar-refractivity contribution in [3.05, 3.63) is 53.3 Å². The second kappa shape index (κ2) is 6.67. The van der Waals surface area contributed by atoms with Crippen LogP contribution in [0.5, 0.6) is 0 Å². The van der Waals surface area contributed by atoms with Crippen LogP contribution in [0, 0.1) is 0 Å². The first-order valence-corrected chi connectivity index (χ1v) is 9.00. The highest BCUT2D eigenvalue weighted by atomic mass is 19.4. The monoisotopic (exact) mass is 379 g/mol. The highest BCUT2D eigenvalue weighted by Crippen LogP contribution is 2.39. The molecule has 0 bridgehead atoms. The average molecular weight is 379 g/mol. The summed E-state index contributed by atoms with van der Waals surface area (Å²) in [5.41, 5.74) is 2.70. The topological polar surface area (TPSA) is 59.6 Å². The largest absolute Gasteiger partial charge is 0.458 e. The number of hydrogen-bond acceptors (Lipinski definition) is 4. The van der Waals surface area contributed by atoms with Crippen LogP contribution in [-0.4, -0.2) is 32.6 Å². The van der Waals surface area contributed by atoms with Crippen molar-refractivity contribution in [3.63, 3.8) is 0 Å². The Kier molecular flexibility index (Phi) is 4.46. The van der Waals surface area contributed by atoms with Gasteiger partial charge in [-0.2, -0.15) is 18.3 Å². The first kappa shape index (κ1) is 18.0. The van der Waals surface area contributed by atoms with Crippen molar-refractivity contribution >= 4 is 5.71 Å². The van der Waals surface area contributed by atoms with Crippen molar-refractivity contribution in [2.75, 3.05) is 0 Å². The molecule has 0 amide bonds. The van der Waals surface area contributed by atoms with Crippen molar-refractivity contribution in [2.45, 2.75) is 56.5 Å². The molecule has 1 atom stereocenters. The molecule has 1 aromatic carbocycles. The van der Waals surface area contributed by atoms with Gasteiger partial charge >= 0.3 is 12.0 Å². The summed E-state index contributed by atoms with van der Waals surface area (Å²) in [4.78, 5) is 4.26. The highest BCUT2D eigenvalue weighted by Gasteiger charge is 2.60. The van der Waals surface area contributed by atoms with E-state index >= 15 is 0 Å². The minimum absolute atomic E-state index is 0.0791. The molecule has 2 heterocycles. The summed E-state index contributed by atoms with van der Waals surface area (Å²) in [5, 5.41) is 17.4. The minimum Gasteiger partial charge on any atom is -0.350 e. The molecule has 5 nitrogen and oxygen atoms in total. The van der Waals surface area contributed by atoms with Gasteiger partial charge in [-0.1, -0.05) is 42.3 Å². The van der Waals surface area contributed by atoms with Crippen LogP contribution >= 0.6 is 0 Å². The van der Waals surface area contributed by atoms with Gasteiger partial charge in [0.25, 0.3) is 0 Å². The van der Waals surface area contributed by atoms with E-state index in [-0.39, 0.29) is 5.71 Å². The first-order valence-electron chi connectivity index (χ1n) is 9.00. The smallest absolute Gasteiger partial charge is 0.350 e. The lowest BCUT2D eigenvalue weighted by Gasteiger charge is -2.22. The maximum atomic E-state index is 12.8. The third-order valence-electron chi connectivity index (χ3n) is 5.21. The van der Waals surface area contributed by atoms with Crippen LogP contribution in [0.1, 0.15) is 54.8 Å². The van der Waals surface area contributed by atoms with E-state index in [1.54, 1.807) is 12.1 Å². The predicted octanol–water partition coefficient (Wildman–Crippen LogP) is 3.96. The number of benzene rings is 1. The zero-order valence-corrected chi connectivity index (χ0v) is 14.6. The molecular formula is C19H20F3N3O2. The van der Waals surface area contributed by atoms with Gasteiger partial charge in [0, 0.05) is 12.6 Å². The van der Waals surface area contributed by atoms with Gasteiger partial charge < -0.3 is 9.94 Å². The maximum Gasteiger partial charge on any atom is 0.458 e. The lowest BCUT2D eigenvalue weighted by atomic mass is 10.00. The van der Waals surface area contributed by atoms with E-state index in [0.717, 1.165) is 11.1 Å². The Morgan fingerprint density at radius 1 is 1.15 bits per heavy atom. The Balaban J connectivity index is 1.41. The van der Waals surface area contributed by atoms with Crippen LogP contribution in [0.3, 0.4) is 0 Å². The van der Waals surface area contributed by atoms with Crippen LogP contribution in [0.25, 0.3) is 0 Å². The van der Waals surface area contributed by atoms with Crippen LogP contribution < -0.4 is 0 Å². The molecule has 0 radical (unpaired) electrons. The second-order valence-corrected chi connectivity index (χ2v) is 7.23. The van der Waals surface area contributed by atoms with Gasteiger partial charge in [0.1, 0.15) is 0 Å². The van der Waals surface area contributed by atoms with E-state index in [1.807, 2.05) is 23.0 Å². The van der Waals surface area contributed by atoms with Gasteiger partial charge in [-0.25, -0.2) is 0 Å². The second-order valence-electron chi connectivity index (χ2n) is 7.23. The summed E-state index contributed by atoms with van der Waals surface area (Å²) < 4.78 is 40.4. The molecule has 4 rings (SSSR count). The summed E-state index contributed by atoms with van der Waals surface area (Å²) in [6, 6.07) is 7.57. The molecule has 2 aliphatic rings. The van der Waals surface area contributed by atoms with Crippen molar-refractivity contribution in [2.24, 2.45) is 5.16 Å². The highest BCUT2D eigenvalue weighted by molar-refractivity contribution is 6.01. The maximum absolute atomic E-state index is 12.8. The molecule has 1 unspecified atom stereocenters. The summed E-state index contributed by atoms with van der Waals surface area (Å²) >= 11 is 0. The molecule has 0 saturated heterocycles.